The fourth-order valence-electron chi connectivity index (χ4n) is 18.5. The highest BCUT2D eigenvalue weighted by molar-refractivity contribution is 6.13. The van der Waals surface area contributed by atoms with Gasteiger partial charge in [-0.25, -0.2) is 0 Å². The van der Waals surface area contributed by atoms with Crippen molar-refractivity contribution in [3.8, 4) is 44.5 Å². The first-order valence-electron chi connectivity index (χ1n) is 45.5. The van der Waals surface area contributed by atoms with Crippen molar-refractivity contribution in [2.75, 3.05) is 50.5 Å². The molecule has 0 atom stereocenters. The molecule has 0 aliphatic heterocycles. The molecule has 23 aromatic rings. The fraction of sp³-hybridized carbons (Fsp3) is 0.0236. The summed E-state index contributed by atoms with van der Waals surface area (Å²) in [7, 11) is 6.43. The maximum Gasteiger partial charge on any atom is 0.0567 e. The summed E-state index contributed by atoms with van der Waals surface area (Å²) in [5, 5.41) is 17.5. The third-order valence-electron chi connectivity index (χ3n) is 25.7. The van der Waals surface area contributed by atoms with Crippen LogP contribution >= 0.6 is 0 Å². The van der Waals surface area contributed by atoms with E-state index in [9.17, 15) is 0 Å². The molecular formula is C127H96N6. The van der Waals surface area contributed by atoms with Crippen molar-refractivity contribution in [3.63, 3.8) is 0 Å². The predicted molar refractivity (Wildman–Crippen MR) is 571 cm³/mol. The second-order valence-corrected chi connectivity index (χ2v) is 33.9. The molecule has 0 saturated carbocycles. The van der Waals surface area contributed by atoms with Crippen LogP contribution in [0.15, 0.2) is 528 Å². The van der Waals surface area contributed by atoms with Gasteiger partial charge in [-0.1, -0.05) is 340 Å². The van der Waals surface area contributed by atoms with Gasteiger partial charge in [-0.3, -0.25) is 0 Å². The van der Waals surface area contributed by atoms with Crippen LogP contribution in [0.1, 0.15) is 0 Å². The summed E-state index contributed by atoms with van der Waals surface area (Å²) in [5.41, 5.74) is 26.8. The molecule has 0 amide bonds. The Morgan fingerprint density at radius 2 is 0.323 bits per heavy atom. The topological polar surface area (TPSA) is 19.4 Å². The van der Waals surface area contributed by atoms with Gasteiger partial charge in [0.1, 0.15) is 0 Å². The molecule has 0 aliphatic carbocycles. The van der Waals surface area contributed by atoms with Gasteiger partial charge >= 0.3 is 0 Å². The van der Waals surface area contributed by atoms with Crippen molar-refractivity contribution in [3.05, 3.63) is 528 Å². The molecule has 0 N–H and O–H groups in total. The van der Waals surface area contributed by atoms with E-state index in [1.807, 2.05) is 0 Å². The molecule has 0 aliphatic rings. The van der Waals surface area contributed by atoms with E-state index in [4.69, 9.17) is 0 Å². The maximum absolute atomic E-state index is 2.32. The predicted octanol–water partition coefficient (Wildman–Crippen LogP) is 35.5. The molecule has 0 heterocycles. The molecule has 0 bridgehead atoms. The highest BCUT2D eigenvalue weighted by Gasteiger charge is 2.21. The molecule has 0 radical (unpaired) electrons. The van der Waals surface area contributed by atoms with Crippen LogP contribution in [0.25, 0.3) is 120 Å². The maximum atomic E-state index is 2.32. The Morgan fingerprint density at radius 3 is 0.684 bits per heavy atom. The van der Waals surface area contributed by atoms with Gasteiger partial charge in [0, 0.05) is 112 Å². The number of rotatable bonds is 19. The summed E-state index contributed by atoms with van der Waals surface area (Å²) in [6.45, 7) is 0. The number of fused-ring (bicyclic) bond motifs is 7. The number of hydrogen-bond donors (Lipinski definition) is 0. The molecule has 133 heavy (non-hydrogen) atoms. The smallest absolute Gasteiger partial charge is 0.0567 e. The lowest BCUT2D eigenvalue weighted by molar-refractivity contribution is 1.21. The normalized spacial score (nSPS) is 11.1. The van der Waals surface area contributed by atoms with Crippen LogP contribution in [-0.2, 0) is 0 Å². The van der Waals surface area contributed by atoms with Gasteiger partial charge in [0.05, 0.1) is 5.69 Å². The second-order valence-electron chi connectivity index (χ2n) is 33.9. The second kappa shape index (κ2) is 37.5. The fourth-order valence-corrected chi connectivity index (χ4v) is 18.5. The largest absolute Gasteiger partial charge is 0.345 e. The minimum Gasteiger partial charge on any atom is -0.345 e. The molecule has 0 aromatic heterocycles. The summed E-state index contributed by atoms with van der Waals surface area (Å²) < 4.78 is 0. The van der Waals surface area contributed by atoms with Gasteiger partial charge in [0.25, 0.3) is 0 Å². The van der Waals surface area contributed by atoms with E-state index in [0.717, 1.165) is 73.9 Å². The van der Waals surface area contributed by atoms with Crippen molar-refractivity contribution in [2.45, 2.75) is 0 Å². The highest BCUT2D eigenvalue weighted by atomic mass is 15.2. The Hall–Kier alpha value is -17.3. The molecule has 6 nitrogen and oxygen atoms in total. The molecule has 0 saturated heterocycles. The Kier molecular flexibility index (Phi) is 23.3. The van der Waals surface area contributed by atoms with E-state index in [0.29, 0.717) is 0 Å². The number of hydrogen-bond acceptors (Lipinski definition) is 6. The molecule has 6 heteroatoms. The molecule has 634 valence electrons. The average molecular weight is 1710 g/mol. The summed E-state index contributed by atoms with van der Waals surface area (Å²) >= 11 is 0. The van der Waals surface area contributed by atoms with Crippen LogP contribution in [-0.4, -0.2) is 21.1 Å². The third-order valence-corrected chi connectivity index (χ3v) is 25.7. The first kappa shape index (κ1) is 82.6. The first-order valence-corrected chi connectivity index (χ1v) is 45.5. The van der Waals surface area contributed by atoms with E-state index >= 15 is 0 Å². The molecule has 0 spiro atoms. The van der Waals surface area contributed by atoms with Crippen molar-refractivity contribution >= 4 is 161 Å². The summed E-state index contributed by atoms with van der Waals surface area (Å²) in [6.07, 6.45) is 0. The third kappa shape index (κ3) is 17.7. The van der Waals surface area contributed by atoms with Gasteiger partial charge in [-0.2, -0.15) is 0 Å². The van der Waals surface area contributed by atoms with E-state index in [2.05, 4.69) is 578 Å². The quantitative estimate of drug-likeness (QED) is 0.0746. The number of nitrogens with zero attached hydrogens (tertiary/aromatic N) is 6. The Bertz CT molecular complexity index is 7960. The monoisotopic (exact) mass is 1700 g/mol. The van der Waals surface area contributed by atoms with Crippen LogP contribution in [0.5, 0.6) is 0 Å². The van der Waals surface area contributed by atoms with Crippen molar-refractivity contribution in [1.29, 1.82) is 0 Å². The lowest BCUT2D eigenvalue weighted by Crippen LogP contribution is -2.10. The van der Waals surface area contributed by atoms with Gasteiger partial charge in [0.2, 0.25) is 0 Å². The van der Waals surface area contributed by atoms with Gasteiger partial charge < -0.3 is 29.4 Å². The van der Waals surface area contributed by atoms with Gasteiger partial charge in [0.15, 0.2) is 0 Å². The van der Waals surface area contributed by atoms with Crippen LogP contribution in [0.4, 0.5) is 85.3 Å². The average Bonchev–Trinajstić information content (AvgIpc) is 0.754. The number of para-hydroxylation sites is 3. The minimum atomic E-state index is 1.12. The van der Waals surface area contributed by atoms with Crippen LogP contribution in [0, 0.1) is 0 Å². The van der Waals surface area contributed by atoms with Gasteiger partial charge in [-0.05, 0) is 297 Å². The van der Waals surface area contributed by atoms with E-state index in [-0.39, 0.29) is 0 Å². The van der Waals surface area contributed by atoms with Crippen LogP contribution < -0.4 is 29.4 Å². The van der Waals surface area contributed by atoms with Crippen molar-refractivity contribution in [1.82, 2.24) is 0 Å². The van der Waals surface area contributed by atoms with E-state index in [1.54, 1.807) is 0 Å². The summed E-state index contributed by atoms with van der Waals surface area (Å²) in [4.78, 5) is 13.8. The van der Waals surface area contributed by atoms with Gasteiger partial charge in [-0.15, -0.1) is 0 Å². The SMILES string of the molecule is CN(c1ccc(-c2ccc(N(c3ccccc3)c3ccc4ccccc4c3)cc2)cc1)c1c2ccccc2cc2ccccc12.CN(c1ccc(-c2ccc(N(c3ccccc3)c3ccc4ccccc4c3)cc2)cc1)c1ccc2cc3ccccc3cc2c1.CN(c1ccc(-c2ccc(N(c3ccccc3)c3ccc4ccccc4c3)cc2)cc1)c1cccc(-c2ccccc2)c1. The Balaban J connectivity index is 0.000000120. The van der Waals surface area contributed by atoms with Crippen molar-refractivity contribution < 1.29 is 0 Å². The summed E-state index contributed by atoms with van der Waals surface area (Å²) in [5.74, 6) is 0. The molecule has 0 unspecified atom stereocenters. The molecule has 23 rings (SSSR count). The Labute approximate surface area is 778 Å². The zero-order chi connectivity index (χ0) is 89.3. The molecule has 0 fully saturated rings. The first-order chi connectivity index (χ1) is 65.6. The van der Waals surface area contributed by atoms with Crippen molar-refractivity contribution in [2.24, 2.45) is 0 Å². The molecule has 23 aromatic carbocycles. The van der Waals surface area contributed by atoms with E-state index in [1.165, 1.54) is 131 Å². The van der Waals surface area contributed by atoms with Crippen LogP contribution in [0.2, 0.25) is 0 Å². The lowest BCUT2D eigenvalue weighted by atomic mass is 9.99. The lowest BCUT2D eigenvalue weighted by Gasteiger charge is -2.26. The zero-order valence-corrected chi connectivity index (χ0v) is 74.4. The minimum absolute atomic E-state index is 1.12. The molecular weight excluding hydrogens is 1610 g/mol. The number of anilines is 15. The Morgan fingerprint density at radius 1 is 0.113 bits per heavy atom. The standard InChI is InChI=1S/2C43H32N2.C41H32N2/c1-44(43-41-17-9-7-13-35(41)29-36-14-8-10-18-42(36)43)37-24-19-32(20-25-37)33-21-26-39(27-22-33)45(38-15-3-2-4-16-38)40-28-23-31-11-5-6-12-34(31)30-40;1-44(42-25-20-37-27-34-10-7-8-11-35(34)28-38(37)30-42)39-21-15-32(16-22-39)33-17-23-41(24-18-33)45(40-13-3-2-4-14-40)43-26-19-31-9-5-6-12-36(31)29-43;1-42(40-18-10-15-36(29-40)31-11-4-2-5-12-31)37-24-19-33(20-25-37)34-21-26-39(27-22-34)43(38-16-6-3-7-17-38)41-28-23-32-13-8-9-14-35(32)30-41/h2*2-30H,1H3;2-30H,1H3. The zero-order valence-electron chi connectivity index (χ0n) is 74.4. The highest BCUT2D eigenvalue weighted by Crippen LogP contribution is 2.45. The summed E-state index contributed by atoms with van der Waals surface area (Å²) in [6, 6.07) is 189. The number of benzene rings is 23. The van der Waals surface area contributed by atoms with Crippen LogP contribution in [0.3, 0.4) is 0 Å². The van der Waals surface area contributed by atoms with E-state index < -0.39 is 0 Å².